The molecule has 0 radical (unpaired) electrons. The molecule has 0 heterocycles. The minimum absolute atomic E-state index is 0.435. The van der Waals surface area contributed by atoms with Crippen molar-refractivity contribution in [1.29, 1.82) is 0 Å². The van der Waals surface area contributed by atoms with Gasteiger partial charge in [0.2, 0.25) is 0 Å². The van der Waals surface area contributed by atoms with Gasteiger partial charge in [0, 0.05) is 4.47 Å². The van der Waals surface area contributed by atoms with Gasteiger partial charge in [-0.15, -0.1) is 0 Å². The van der Waals surface area contributed by atoms with Gasteiger partial charge in [-0.25, -0.2) is 4.39 Å². The van der Waals surface area contributed by atoms with E-state index in [1.807, 2.05) is 0 Å². The minimum Gasteiger partial charge on any atom is -0.314 e. The molecule has 0 aliphatic rings. The molecule has 1 aromatic rings. The van der Waals surface area contributed by atoms with Crippen LogP contribution >= 0.6 is 15.9 Å². The number of hydrogen-bond donors (Lipinski definition) is 1. The van der Waals surface area contributed by atoms with E-state index in [1.54, 1.807) is 0 Å². The highest BCUT2D eigenvalue weighted by atomic mass is 79.9. The Balaban J connectivity index is 3.10. The van der Waals surface area contributed by atoms with Crippen LogP contribution in [0.1, 0.15) is 5.56 Å². The predicted molar refractivity (Wildman–Crippen MR) is 51.9 cm³/mol. The third-order valence-electron chi connectivity index (χ3n) is 1.72. The molecule has 0 fully saturated rings. The van der Waals surface area contributed by atoms with E-state index in [0.29, 0.717) is 4.47 Å². The van der Waals surface area contributed by atoms with Crippen LogP contribution in [-0.4, -0.2) is 13.6 Å². The molecule has 0 aliphatic heterocycles. The van der Waals surface area contributed by atoms with E-state index in [9.17, 15) is 13.2 Å². The average molecular weight is 268 g/mol. The first-order valence-electron chi connectivity index (χ1n) is 3.95. The van der Waals surface area contributed by atoms with Crippen LogP contribution in [0.25, 0.3) is 0 Å². The lowest BCUT2D eigenvalue weighted by Gasteiger charge is -2.16. The normalized spacial score (nSPS) is 11.8. The summed E-state index contributed by atoms with van der Waals surface area (Å²) < 4.78 is 40.0. The summed E-state index contributed by atoms with van der Waals surface area (Å²) in [6.45, 7) is -0.583. The topological polar surface area (TPSA) is 12.0 Å². The maximum Gasteiger partial charge on any atom is 0.288 e. The second-order valence-electron chi connectivity index (χ2n) is 2.86. The summed E-state index contributed by atoms with van der Waals surface area (Å²) in [5.41, 5.74) is -0.596. The Morgan fingerprint density at radius 2 is 2.07 bits per heavy atom. The van der Waals surface area contributed by atoms with Crippen LogP contribution in [0.4, 0.5) is 13.2 Å². The van der Waals surface area contributed by atoms with Crippen molar-refractivity contribution >= 4 is 15.9 Å². The van der Waals surface area contributed by atoms with Gasteiger partial charge < -0.3 is 5.32 Å². The van der Waals surface area contributed by atoms with Crippen LogP contribution in [0.2, 0.25) is 0 Å². The summed E-state index contributed by atoms with van der Waals surface area (Å²) in [6.07, 6.45) is 0. The monoisotopic (exact) mass is 267 g/mol. The molecule has 0 atom stereocenters. The van der Waals surface area contributed by atoms with Crippen molar-refractivity contribution in [2.45, 2.75) is 5.92 Å². The average Bonchev–Trinajstić information content (AvgIpc) is 2.09. The first-order valence-corrected chi connectivity index (χ1v) is 4.74. The fraction of sp³-hybridized carbons (Fsp3) is 0.333. The van der Waals surface area contributed by atoms with Crippen molar-refractivity contribution in [3.63, 3.8) is 0 Å². The van der Waals surface area contributed by atoms with Gasteiger partial charge in [0.05, 0.1) is 12.1 Å². The summed E-state index contributed by atoms with van der Waals surface area (Å²) in [5, 5.41) is 2.32. The van der Waals surface area contributed by atoms with Crippen molar-refractivity contribution in [3.8, 4) is 0 Å². The molecule has 0 saturated carbocycles. The smallest absolute Gasteiger partial charge is 0.288 e. The molecule has 0 spiro atoms. The molecular formula is C9H9BrF3N. The standard InChI is InChI=1S/C9H9BrF3N/c1-14-5-9(12,13)7-4-6(10)2-3-8(7)11/h2-4,14H,5H2,1H3. The zero-order valence-corrected chi connectivity index (χ0v) is 9.04. The van der Waals surface area contributed by atoms with E-state index in [4.69, 9.17) is 0 Å². The second kappa shape index (κ2) is 4.31. The minimum atomic E-state index is -3.19. The fourth-order valence-electron chi connectivity index (χ4n) is 1.10. The number of nitrogens with one attached hydrogen (secondary N) is 1. The molecule has 1 aromatic carbocycles. The molecule has 0 bridgehead atoms. The van der Waals surface area contributed by atoms with Gasteiger partial charge in [0.1, 0.15) is 5.82 Å². The lowest BCUT2D eigenvalue weighted by atomic mass is 10.1. The van der Waals surface area contributed by atoms with Crippen molar-refractivity contribution in [3.05, 3.63) is 34.1 Å². The number of likely N-dealkylation sites (N-methyl/N-ethyl adjacent to an activating group) is 1. The summed E-state index contributed by atoms with van der Waals surface area (Å²) in [6, 6.07) is 3.49. The molecule has 1 rings (SSSR count). The SMILES string of the molecule is CNCC(F)(F)c1cc(Br)ccc1F. The van der Waals surface area contributed by atoms with E-state index in [2.05, 4.69) is 21.2 Å². The van der Waals surface area contributed by atoms with E-state index in [0.717, 1.165) is 12.1 Å². The molecule has 0 unspecified atom stereocenters. The molecule has 0 aliphatic carbocycles. The zero-order chi connectivity index (χ0) is 10.8. The molecule has 0 amide bonds. The second-order valence-corrected chi connectivity index (χ2v) is 3.77. The molecule has 14 heavy (non-hydrogen) atoms. The Bertz CT molecular complexity index is 328. The number of hydrogen-bond acceptors (Lipinski definition) is 1. The highest BCUT2D eigenvalue weighted by Crippen LogP contribution is 2.31. The van der Waals surface area contributed by atoms with Crippen LogP contribution in [0.15, 0.2) is 22.7 Å². The van der Waals surface area contributed by atoms with Gasteiger partial charge in [0.15, 0.2) is 0 Å². The van der Waals surface area contributed by atoms with Crippen molar-refractivity contribution in [1.82, 2.24) is 5.32 Å². The van der Waals surface area contributed by atoms with Crippen LogP contribution in [0.3, 0.4) is 0 Å². The van der Waals surface area contributed by atoms with E-state index < -0.39 is 23.8 Å². The lowest BCUT2D eigenvalue weighted by molar-refractivity contribution is -0.00476. The fourth-order valence-corrected chi connectivity index (χ4v) is 1.46. The van der Waals surface area contributed by atoms with Gasteiger partial charge in [-0.05, 0) is 25.2 Å². The Kier molecular flexibility index (Phi) is 3.55. The van der Waals surface area contributed by atoms with E-state index in [1.165, 1.54) is 13.1 Å². The first kappa shape index (κ1) is 11.5. The quantitative estimate of drug-likeness (QED) is 0.888. The Morgan fingerprint density at radius 3 is 2.64 bits per heavy atom. The van der Waals surface area contributed by atoms with Crippen molar-refractivity contribution in [2.24, 2.45) is 0 Å². The molecule has 1 nitrogen and oxygen atoms in total. The van der Waals surface area contributed by atoms with Crippen molar-refractivity contribution in [2.75, 3.05) is 13.6 Å². The largest absolute Gasteiger partial charge is 0.314 e. The number of rotatable bonds is 3. The Hall–Kier alpha value is -0.550. The molecule has 5 heteroatoms. The predicted octanol–water partition coefficient (Wildman–Crippen LogP) is 2.90. The van der Waals surface area contributed by atoms with Crippen LogP contribution in [0.5, 0.6) is 0 Å². The highest BCUT2D eigenvalue weighted by molar-refractivity contribution is 9.10. The molecule has 0 saturated heterocycles. The molecule has 0 aromatic heterocycles. The third kappa shape index (κ3) is 2.48. The van der Waals surface area contributed by atoms with E-state index >= 15 is 0 Å². The summed E-state index contributed by atoms with van der Waals surface area (Å²) in [5.74, 6) is -4.09. The molecular weight excluding hydrogens is 259 g/mol. The van der Waals surface area contributed by atoms with Gasteiger partial charge in [0.25, 0.3) is 5.92 Å². The Labute approximate surface area is 88.4 Å². The number of alkyl halides is 2. The summed E-state index contributed by atoms with van der Waals surface area (Å²) in [4.78, 5) is 0. The first-order chi connectivity index (χ1) is 6.47. The number of halogens is 4. The van der Waals surface area contributed by atoms with Crippen LogP contribution in [0, 0.1) is 5.82 Å². The van der Waals surface area contributed by atoms with Crippen LogP contribution in [-0.2, 0) is 5.92 Å². The van der Waals surface area contributed by atoms with Gasteiger partial charge in [-0.2, -0.15) is 8.78 Å². The van der Waals surface area contributed by atoms with E-state index in [-0.39, 0.29) is 0 Å². The summed E-state index contributed by atoms with van der Waals surface area (Å²) >= 11 is 3.02. The maximum atomic E-state index is 13.3. The van der Waals surface area contributed by atoms with Gasteiger partial charge >= 0.3 is 0 Å². The Morgan fingerprint density at radius 1 is 1.43 bits per heavy atom. The molecule has 78 valence electrons. The summed E-state index contributed by atoms with van der Waals surface area (Å²) in [7, 11) is 1.39. The van der Waals surface area contributed by atoms with Gasteiger partial charge in [-0.1, -0.05) is 15.9 Å². The van der Waals surface area contributed by atoms with Crippen LogP contribution < -0.4 is 5.32 Å². The zero-order valence-electron chi connectivity index (χ0n) is 7.45. The third-order valence-corrected chi connectivity index (χ3v) is 2.21. The highest BCUT2D eigenvalue weighted by Gasteiger charge is 2.33. The maximum absolute atomic E-state index is 13.3. The number of benzene rings is 1. The lowest BCUT2D eigenvalue weighted by Crippen LogP contribution is -2.29. The van der Waals surface area contributed by atoms with Gasteiger partial charge in [-0.3, -0.25) is 0 Å². The van der Waals surface area contributed by atoms with Crippen molar-refractivity contribution < 1.29 is 13.2 Å². The molecule has 1 N–H and O–H groups in total.